The first-order valence-corrected chi connectivity index (χ1v) is 6.76. The summed E-state index contributed by atoms with van der Waals surface area (Å²) in [5.74, 6) is 0.433. The lowest BCUT2D eigenvalue weighted by Gasteiger charge is -2.08. The van der Waals surface area contributed by atoms with Crippen molar-refractivity contribution >= 4 is 11.0 Å². The highest BCUT2D eigenvalue weighted by Gasteiger charge is 2.09. The van der Waals surface area contributed by atoms with Gasteiger partial charge in [-0.1, -0.05) is 41.5 Å². The summed E-state index contributed by atoms with van der Waals surface area (Å²) in [5, 5.41) is 0. The minimum atomic E-state index is 0.433. The van der Waals surface area contributed by atoms with Gasteiger partial charge in [-0.05, 0) is 12.8 Å². The van der Waals surface area contributed by atoms with Crippen molar-refractivity contribution in [2.24, 2.45) is 0 Å². The number of hydrogen-bond donors (Lipinski definition) is 0. The van der Waals surface area contributed by atoms with Crippen LogP contribution in [0.3, 0.4) is 0 Å². The smallest absolute Gasteiger partial charge is 0.110 e. The minimum absolute atomic E-state index is 0.433. The van der Waals surface area contributed by atoms with Crippen molar-refractivity contribution in [3.63, 3.8) is 0 Å². The third kappa shape index (κ3) is 3.76. The highest BCUT2D eigenvalue weighted by atomic mass is 14.8. The summed E-state index contributed by atoms with van der Waals surface area (Å²) in [7, 11) is 0. The van der Waals surface area contributed by atoms with E-state index in [0.29, 0.717) is 5.92 Å². The number of aromatic nitrogens is 3. The third-order valence-electron chi connectivity index (χ3n) is 2.33. The molecule has 0 unspecified atom stereocenters. The van der Waals surface area contributed by atoms with E-state index in [1.807, 2.05) is 40.8 Å². The Morgan fingerprint density at radius 1 is 0.833 bits per heavy atom. The predicted octanol–water partition coefficient (Wildman–Crippen LogP) is 4.51. The zero-order chi connectivity index (χ0) is 14.1. The molecule has 0 aromatic carbocycles. The van der Waals surface area contributed by atoms with Crippen LogP contribution in [-0.4, -0.2) is 15.0 Å². The molecule has 3 heteroatoms. The zero-order valence-corrected chi connectivity index (χ0v) is 12.7. The van der Waals surface area contributed by atoms with E-state index < -0.39 is 0 Å². The maximum absolute atomic E-state index is 4.36. The molecule has 2 rings (SSSR count). The van der Waals surface area contributed by atoms with Crippen molar-refractivity contribution in [1.82, 2.24) is 15.0 Å². The quantitative estimate of drug-likeness (QED) is 0.744. The first-order valence-electron chi connectivity index (χ1n) is 6.76. The molecule has 0 atom stereocenters. The van der Waals surface area contributed by atoms with Gasteiger partial charge in [-0.15, -0.1) is 0 Å². The molecule has 0 aliphatic carbocycles. The van der Waals surface area contributed by atoms with Crippen molar-refractivity contribution in [3.05, 3.63) is 29.8 Å². The summed E-state index contributed by atoms with van der Waals surface area (Å²) in [5.41, 5.74) is 4.00. The van der Waals surface area contributed by atoms with Crippen LogP contribution in [-0.2, 0) is 0 Å². The second-order valence-electron chi connectivity index (χ2n) is 3.71. The highest BCUT2D eigenvalue weighted by molar-refractivity contribution is 5.79. The highest BCUT2D eigenvalue weighted by Crippen LogP contribution is 2.22. The van der Waals surface area contributed by atoms with E-state index in [1.54, 1.807) is 12.4 Å². The van der Waals surface area contributed by atoms with Gasteiger partial charge in [-0.3, -0.25) is 15.0 Å². The normalized spacial score (nSPS) is 9.33. The Morgan fingerprint density at radius 3 is 1.83 bits per heavy atom. The second-order valence-corrected chi connectivity index (χ2v) is 3.71. The Bertz CT molecular complexity index is 464. The molecular weight excluding hydrogens is 222 g/mol. The molecule has 0 fully saturated rings. The lowest BCUT2D eigenvalue weighted by Crippen LogP contribution is -1.97. The number of aryl methyl sites for hydroxylation is 1. The van der Waals surface area contributed by atoms with Crippen molar-refractivity contribution in [1.29, 1.82) is 0 Å². The van der Waals surface area contributed by atoms with E-state index in [-0.39, 0.29) is 0 Å². The average molecular weight is 247 g/mol. The van der Waals surface area contributed by atoms with Crippen molar-refractivity contribution in [3.8, 4) is 0 Å². The van der Waals surface area contributed by atoms with Gasteiger partial charge in [0.2, 0.25) is 0 Å². The average Bonchev–Trinajstić information content (AvgIpc) is 2.43. The molecule has 0 N–H and O–H groups in total. The molecule has 100 valence electrons. The van der Waals surface area contributed by atoms with Gasteiger partial charge in [0.15, 0.2) is 0 Å². The standard InChI is InChI=1S/C11H13N3.2C2H6/c1-7(2)9-6-14-8(3)10-11(9)13-5-4-12-10;2*1-2/h4-7H,1-3H3;2*1-2H3. The van der Waals surface area contributed by atoms with Crippen LogP contribution >= 0.6 is 0 Å². The molecule has 18 heavy (non-hydrogen) atoms. The molecule has 0 spiro atoms. The SMILES string of the molecule is CC.CC.Cc1ncc(C(C)C)c2nccnc12. The van der Waals surface area contributed by atoms with E-state index in [1.165, 1.54) is 5.56 Å². The van der Waals surface area contributed by atoms with Gasteiger partial charge in [-0.2, -0.15) is 0 Å². The van der Waals surface area contributed by atoms with Crippen LogP contribution in [0.1, 0.15) is 58.7 Å². The fourth-order valence-corrected chi connectivity index (χ4v) is 1.53. The molecule has 2 heterocycles. The minimum Gasteiger partial charge on any atom is -0.259 e. The molecule has 0 radical (unpaired) electrons. The number of pyridine rings is 1. The van der Waals surface area contributed by atoms with E-state index in [2.05, 4.69) is 28.8 Å². The molecule has 3 nitrogen and oxygen atoms in total. The van der Waals surface area contributed by atoms with E-state index in [4.69, 9.17) is 0 Å². The van der Waals surface area contributed by atoms with Crippen LogP contribution < -0.4 is 0 Å². The van der Waals surface area contributed by atoms with Gasteiger partial charge in [0.1, 0.15) is 5.52 Å². The van der Waals surface area contributed by atoms with E-state index in [0.717, 1.165) is 16.7 Å². The van der Waals surface area contributed by atoms with Crippen molar-refractivity contribution in [2.75, 3.05) is 0 Å². The summed E-state index contributed by atoms with van der Waals surface area (Å²) in [6.45, 7) is 14.2. The second kappa shape index (κ2) is 8.56. The zero-order valence-electron chi connectivity index (χ0n) is 12.7. The van der Waals surface area contributed by atoms with Gasteiger partial charge in [0.05, 0.1) is 11.2 Å². The lowest BCUT2D eigenvalue weighted by molar-refractivity contribution is 0.861. The molecule has 0 aliphatic heterocycles. The molecule has 0 bridgehead atoms. The number of rotatable bonds is 1. The largest absolute Gasteiger partial charge is 0.259 e. The number of hydrogen-bond acceptors (Lipinski definition) is 3. The van der Waals surface area contributed by atoms with Crippen LogP contribution in [0, 0.1) is 6.92 Å². The molecule has 0 amide bonds. The van der Waals surface area contributed by atoms with Gasteiger partial charge in [-0.25, -0.2) is 0 Å². The van der Waals surface area contributed by atoms with Crippen LogP contribution in [0.25, 0.3) is 11.0 Å². The summed E-state index contributed by atoms with van der Waals surface area (Å²) in [6.07, 6.45) is 5.34. The first-order chi connectivity index (χ1) is 8.70. The van der Waals surface area contributed by atoms with Gasteiger partial charge < -0.3 is 0 Å². The summed E-state index contributed by atoms with van der Waals surface area (Å²) < 4.78 is 0. The molecule has 0 saturated carbocycles. The van der Waals surface area contributed by atoms with Crippen LogP contribution in [0.4, 0.5) is 0 Å². The van der Waals surface area contributed by atoms with Crippen molar-refractivity contribution < 1.29 is 0 Å². The maximum atomic E-state index is 4.36. The van der Waals surface area contributed by atoms with E-state index >= 15 is 0 Å². The third-order valence-corrected chi connectivity index (χ3v) is 2.33. The first kappa shape index (κ1) is 16.5. The molecular formula is C15H25N3. The Labute approximate surface area is 111 Å². The summed E-state index contributed by atoms with van der Waals surface area (Å²) in [6, 6.07) is 0. The Morgan fingerprint density at radius 2 is 1.33 bits per heavy atom. The Kier molecular flexibility index (Phi) is 7.84. The molecule has 0 saturated heterocycles. The topological polar surface area (TPSA) is 38.7 Å². The number of nitrogens with zero attached hydrogens (tertiary/aromatic N) is 3. The predicted molar refractivity (Wildman–Crippen MR) is 78.9 cm³/mol. The van der Waals surface area contributed by atoms with Gasteiger partial charge >= 0.3 is 0 Å². The Hall–Kier alpha value is -1.51. The summed E-state index contributed by atoms with van der Waals surface area (Å²) >= 11 is 0. The van der Waals surface area contributed by atoms with Crippen LogP contribution in [0.15, 0.2) is 18.6 Å². The maximum Gasteiger partial charge on any atom is 0.110 e. The summed E-state index contributed by atoms with van der Waals surface area (Å²) in [4.78, 5) is 13.0. The van der Waals surface area contributed by atoms with Crippen LogP contribution in [0.5, 0.6) is 0 Å². The number of fused-ring (bicyclic) bond motifs is 1. The van der Waals surface area contributed by atoms with Crippen LogP contribution in [0.2, 0.25) is 0 Å². The Balaban J connectivity index is 0.000000659. The van der Waals surface area contributed by atoms with E-state index in [9.17, 15) is 0 Å². The fraction of sp³-hybridized carbons (Fsp3) is 0.533. The molecule has 2 aromatic heterocycles. The lowest BCUT2D eigenvalue weighted by atomic mass is 10.0. The monoisotopic (exact) mass is 247 g/mol. The van der Waals surface area contributed by atoms with Gasteiger partial charge in [0.25, 0.3) is 0 Å². The van der Waals surface area contributed by atoms with Gasteiger partial charge in [0, 0.05) is 24.2 Å². The fourth-order valence-electron chi connectivity index (χ4n) is 1.53. The molecule has 2 aromatic rings. The molecule has 0 aliphatic rings. The van der Waals surface area contributed by atoms with Crippen molar-refractivity contribution in [2.45, 2.75) is 54.4 Å².